The monoisotopic (exact) mass is 361 g/mol. The van der Waals surface area contributed by atoms with Gasteiger partial charge in [0.15, 0.2) is 0 Å². The number of fused-ring (bicyclic) bond motifs is 1. The summed E-state index contributed by atoms with van der Waals surface area (Å²) in [6.45, 7) is 8.11. The van der Waals surface area contributed by atoms with Gasteiger partial charge >= 0.3 is 11.9 Å². The predicted octanol–water partition coefficient (Wildman–Crippen LogP) is 2.38. The second-order valence-electron chi connectivity index (χ2n) is 6.05. The Kier molecular flexibility index (Phi) is 6.60. The van der Waals surface area contributed by atoms with Crippen molar-refractivity contribution in [1.29, 1.82) is 0 Å². The van der Waals surface area contributed by atoms with Crippen LogP contribution in [0.3, 0.4) is 0 Å². The van der Waals surface area contributed by atoms with Crippen LogP contribution < -0.4 is 4.90 Å². The van der Waals surface area contributed by atoms with Gasteiger partial charge in [0, 0.05) is 23.8 Å². The molecule has 0 atom stereocenters. The van der Waals surface area contributed by atoms with Crippen molar-refractivity contribution < 1.29 is 19.1 Å². The molecule has 0 spiro atoms. The van der Waals surface area contributed by atoms with Crippen LogP contribution in [0.15, 0.2) is 12.1 Å². The number of carbonyl (C=O) groups is 2. The number of hydrogen-bond acceptors (Lipinski definition) is 6. The number of hydrogen-bond donors (Lipinski definition) is 0. The largest absolute Gasteiger partial charge is 0.465 e. The quantitative estimate of drug-likeness (QED) is 0.672. The second-order valence-corrected chi connectivity index (χ2v) is 6.05. The summed E-state index contributed by atoms with van der Waals surface area (Å²) in [4.78, 5) is 25.7. The van der Waals surface area contributed by atoms with Crippen LogP contribution in [0.2, 0.25) is 0 Å². The van der Waals surface area contributed by atoms with Gasteiger partial charge in [0.05, 0.1) is 18.7 Å². The fourth-order valence-electron chi connectivity index (χ4n) is 3.11. The Morgan fingerprint density at radius 1 is 1.08 bits per heavy atom. The highest BCUT2D eigenvalue weighted by atomic mass is 16.5. The van der Waals surface area contributed by atoms with Crippen LogP contribution in [0.25, 0.3) is 10.9 Å². The number of rotatable bonds is 8. The molecule has 1 aromatic carbocycles. The van der Waals surface area contributed by atoms with Crippen molar-refractivity contribution in [1.82, 2.24) is 9.78 Å². The van der Waals surface area contributed by atoms with Gasteiger partial charge in [-0.25, -0.2) is 0 Å². The summed E-state index contributed by atoms with van der Waals surface area (Å²) in [5.74, 6) is -0.766. The number of carbonyl (C=O) groups excluding carboxylic acids is 2. The summed E-state index contributed by atoms with van der Waals surface area (Å²) in [5.41, 5.74) is 3.73. The van der Waals surface area contributed by atoms with E-state index in [0.717, 1.165) is 34.3 Å². The SMILES string of the molecule is CCOC(=O)CN(CC(=O)OCC)c1cc2nn(C)c(CC)c2cc1C. The molecule has 7 heteroatoms. The van der Waals surface area contributed by atoms with E-state index in [9.17, 15) is 9.59 Å². The Hall–Kier alpha value is -2.57. The molecule has 0 N–H and O–H groups in total. The van der Waals surface area contributed by atoms with Gasteiger partial charge in [-0.05, 0) is 44.9 Å². The van der Waals surface area contributed by atoms with Crippen LogP contribution in [0.1, 0.15) is 32.0 Å². The van der Waals surface area contributed by atoms with E-state index in [2.05, 4.69) is 18.1 Å². The first-order valence-corrected chi connectivity index (χ1v) is 8.93. The molecular formula is C19H27N3O4. The highest BCUT2D eigenvalue weighted by Crippen LogP contribution is 2.28. The third kappa shape index (κ3) is 4.33. The lowest BCUT2D eigenvalue weighted by atomic mass is 10.1. The third-order valence-corrected chi connectivity index (χ3v) is 4.20. The molecule has 0 amide bonds. The first-order chi connectivity index (χ1) is 12.4. The first-order valence-electron chi connectivity index (χ1n) is 8.93. The smallest absolute Gasteiger partial charge is 0.325 e. The Labute approximate surface area is 153 Å². The number of esters is 2. The van der Waals surface area contributed by atoms with Gasteiger partial charge in [0.2, 0.25) is 0 Å². The Morgan fingerprint density at radius 2 is 1.65 bits per heavy atom. The molecular weight excluding hydrogens is 334 g/mol. The first kappa shape index (κ1) is 19.8. The van der Waals surface area contributed by atoms with Gasteiger partial charge in [-0.2, -0.15) is 5.10 Å². The predicted molar refractivity (Wildman–Crippen MR) is 100 cm³/mol. The van der Waals surface area contributed by atoms with Crippen molar-refractivity contribution in [3.8, 4) is 0 Å². The molecule has 0 unspecified atom stereocenters. The maximum atomic E-state index is 12.0. The maximum Gasteiger partial charge on any atom is 0.325 e. The number of ether oxygens (including phenoxy) is 2. The Bertz CT molecular complexity index is 778. The third-order valence-electron chi connectivity index (χ3n) is 4.20. The number of aryl methyl sites for hydroxylation is 3. The van der Waals surface area contributed by atoms with Crippen molar-refractivity contribution in [3.05, 3.63) is 23.4 Å². The second kappa shape index (κ2) is 8.69. The van der Waals surface area contributed by atoms with E-state index >= 15 is 0 Å². The highest BCUT2D eigenvalue weighted by Gasteiger charge is 2.20. The molecule has 2 rings (SSSR count). The molecule has 1 heterocycles. The topological polar surface area (TPSA) is 73.7 Å². The summed E-state index contributed by atoms with van der Waals surface area (Å²) in [5, 5.41) is 5.64. The molecule has 0 saturated heterocycles. The normalized spacial score (nSPS) is 10.8. The minimum absolute atomic E-state index is 0.0214. The molecule has 0 fully saturated rings. The Balaban J connectivity index is 2.43. The molecule has 7 nitrogen and oxygen atoms in total. The lowest BCUT2D eigenvalue weighted by Gasteiger charge is -2.24. The zero-order valence-corrected chi connectivity index (χ0v) is 16.2. The fourth-order valence-corrected chi connectivity index (χ4v) is 3.11. The van der Waals surface area contributed by atoms with E-state index in [1.807, 2.05) is 24.7 Å². The van der Waals surface area contributed by atoms with Gasteiger partial charge in [0.25, 0.3) is 0 Å². The zero-order valence-electron chi connectivity index (χ0n) is 16.2. The molecule has 0 bridgehead atoms. The van der Waals surface area contributed by atoms with Crippen molar-refractivity contribution in [2.24, 2.45) is 7.05 Å². The van der Waals surface area contributed by atoms with E-state index in [1.54, 1.807) is 18.7 Å². The van der Waals surface area contributed by atoms with Crippen molar-refractivity contribution in [2.75, 3.05) is 31.2 Å². The molecule has 0 radical (unpaired) electrons. The van der Waals surface area contributed by atoms with Crippen LogP contribution in [0.4, 0.5) is 5.69 Å². The molecule has 0 aliphatic carbocycles. The molecule has 0 aliphatic heterocycles. The molecule has 2 aromatic rings. The summed E-state index contributed by atoms with van der Waals surface area (Å²) in [6, 6.07) is 3.97. The summed E-state index contributed by atoms with van der Waals surface area (Å²) in [6.07, 6.45) is 0.876. The summed E-state index contributed by atoms with van der Waals surface area (Å²) in [7, 11) is 1.92. The lowest BCUT2D eigenvalue weighted by molar-refractivity contribution is -0.142. The minimum Gasteiger partial charge on any atom is -0.465 e. The van der Waals surface area contributed by atoms with Gasteiger partial charge < -0.3 is 14.4 Å². The van der Waals surface area contributed by atoms with E-state index < -0.39 is 0 Å². The molecule has 0 saturated carbocycles. The Morgan fingerprint density at radius 3 is 2.15 bits per heavy atom. The number of nitrogens with zero attached hydrogens (tertiary/aromatic N) is 3. The fraction of sp³-hybridized carbons (Fsp3) is 0.526. The van der Waals surface area contributed by atoms with Gasteiger partial charge in [-0.3, -0.25) is 14.3 Å². The van der Waals surface area contributed by atoms with E-state index in [1.165, 1.54) is 0 Å². The average Bonchev–Trinajstić information content (AvgIpc) is 2.88. The lowest BCUT2D eigenvalue weighted by Crippen LogP contribution is -2.36. The maximum absolute atomic E-state index is 12.0. The number of benzene rings is 1. The zero-order chi connectivity index (χ0) is 19.3. The molecule has 1 aromatic heterocycles. The van der Waals surface area contributed by atoms with Crippen molar-refractivity contribution in [2.45, 2.75) is 34.1 Å². The van der Waals surface area contributed by atoms with E-state index in [0.29, 0.717) is 13.2 Å². The van der Waals surface area contributed by atoms with Crippen LogP contribution in [-0.4, -0.2) is 48.0 Å². The van der Waals surface area contributed by atoms with Crippen molar-refractivity contribution in [3.63, 3.8) is 0 Å². The minimum atomic E-state index is -0.383. The van der Waals surface area contributed by atoms with Crippen molar-refractivity contribution >= 4 is 28.5 Å². The average molecular weight is 361 g/mol. The highest BCUT2D eigenvalue weighted by molar-refractivity contribution is 5.89. The molecule has 26 heavy (non-hydrogen) atoms. The standard InChI is InChI=1S/C19H27N3O4/c1-6-16-14-9-13(4)17(10-15(14)20-21(16)5)22(11-18(23)25-7-2)12-19(24)26-8-3/h9-10H,6-8,11-12H2,1-5H3. The van der Waals surface area contributed by atoms with Gasteiger partial charge in [-0.1, -0.05) is 6.92 Å². The summed E-state index contributed by atoms with van der Waals surface area (Å²) >= 11 is 0. The van der Waals surface area contributed by atoms with Crippen LogP contribution in [0, 0.1) is 6.92 Å². The van der Waals surface area contributed by atoms with Crippen LogP contribution >= 0.6 is 0 Å². The molecule has 142 valence electrons. The number of anilines is 1. The van der Waals surface area contributed by atoms with Gasteiger partial charge in [-0.15, -0.1) is 0 Å². The summed E-state index contributed by atoms with van der Waals surface area (Å²) < 4.78 is 12.0. The van der Waals surface area contributed by atoms with E-state index in [4.69, 9.17) is 9.47 Å². The number of aromatic nitrogens is 2. The van der Waals surface area contributed by atoms with E-state index in [-0.39, 0.29) is 25.0 Å². The van der Waals surface area contributed by atoms with Crippen LogP contribution in [0.5, 0.6) is 0 Å². The van der Waals surface area contributed by atoms with Crippen LogP contribution in [-0.2, 0) is 32.5 Å². The molecule has 0 aliphatic rings. The van der Waals surface area contributed by atoms with Gasteiger partial charge in [0.1, 0.15) is 13.1 Å².